The van der Waals surface area contributed by atoms with Gasteiger partial charge in [-0.15, -0.1) is 0 Å². The van der Waals surface area contributed by atoms with E-state index in [2.05, 4.69) is 4.98 Å². The minimum atomic E-state index is -0.732. The third kappa shape index (κ3) is 2.26. The summed E-state index contributed by atoms with van der Waals surface area (Å²) in [7, 11) is 0. The van der Waals surface area contributed by atoms with Gasteiger partial charge in [-0.05, 0) is 19.1 Å². The molecule has 0 aliphatic heterocycles. The lowest BCUT2D eigenvalue weighted by molar-refractivity contribution is -0.122. The Kier molecular flexibility index (Phi) is 3.40. The van der Waals surface area contributed by atoms with E-state index in [9.17, 15) is 9.90 Å². The Balaban J connectivity index is 2.85. The quantitative estimate of drug-likeness (QED) is 0.691. The predicted molar refractivity (Wildman–Crippen MR) is 47.8 cm³/mol. The largest absolute Gasteiger partial charge is 0.295 e. The van der Waals surface area contributed by atoms with E-state index < -0.39 is 12.5 Å². The Bertz CT molecular complexity index is 274. The Morgan fingerprint density at radius 1 is 1.54 bits per heavy atom. The van der Waals surface area contributed by atoms with Crippen LogP contribution in [-0.2, 0) is 9.90 Å². The zero-order valence-electron chi connectivity index (χ0n) is 7.43. The van der Waals surface area contributed by atoms with Gasteiger partial charge < -0.3 is 0 Å². The van der Waals surface area contributed by atoms with Crippen LogP contribution in [0.4, 0.5) is 5.82 Å². The summed E-state index contributed by atoms with van der Waals surface area (Å²) in [5.74, 6) is 0.0899. The number of rotatable bonds is 3. The smallest absolute Gasteiger partial charge is 0.257 e. The molecule has 0 saturated carbocycles. The van der Waals surface area contributed by atoms with E-state index in [-0.39, 0.29) is 0 Å². The highest BCUT2D eigenvalue weighted by molar-refractivity contribution is 5.92. The zero-order chi connectivity index (χ0) is 9.68. The normalized spacial score (nSPS) is 9.69. The lowest BCUT2D eigenvalue weighted by Crippen LogP contribution is -2.33. The summed E-state index contributed by atoms with van der Waals surface area (Å²) in [5, 5.41) is 10.4. The van der Waals surface area contributed by atoms with Gasteiger partial charge in [0.15, 0.2) is 6.61 Å². The number of carbonyl (C=O) groups excluding carboxylic acids is 1. The Hall–Kier alpha value is -1.42. The van der Waals surface area contributed by atoms with Gasteiger partial charge in [-0.3, -0.25) is 9.69 Å². The van der Waals surface area contributed by atoms with Crippen LogP contribution >= 0.6 is 0 Å². The van der Waals surface area contributed by atoms with Crippen LogP contribution in [0.1, 0.15) is 6.92 Å². The molecule has 0 fully saturated rings. The molecule has 13 heavy (non-hydrogen) atoms. The molecule has 0 spiro atoms. The van der Waals surface area contributed by atoms with Gasteiger partial charge in [0.05, 0.1) is 0 Å². The van der Waals surface area contributed by atoms with Gasteiger partial charge in [0.1, 0.15) is 5.82 Å². The van der Waals surface area contributed by atoms with Gasteiger partial charge in [-0.25, -0.2) is 10.1 Å². The Morgan fingerprint density at radius 3 is 2.77 bits per heavy atom. The minimum Gasteiger partial charge on any atom is -0.295 e. The third-order valence-electron chi connectivity index (χ3n) is 1.67. The van der Waals surface area contributed by atoms with E-state index in [1.165, 1.54) is 4.90 Å². The average molecular weight is 179 g/mol. The van der Waals surface area contributed by atoms with Crippen LogP contribution in [0.5, 0.6) is 0 Å². The van der Waals surface area contributed by atoms with Gasteiger partial charge in [0.25, 0.3) is 5.91 Å². The Morgan fingerprint density at radius 2 is 2.31 bits per heavy atom. The molecule has 4 nitrogen and oxygen atoms in total. The molecule has 1 radical (unpaired) electrons. The maximum Gasteiger partial charge on any atom is 0.257 e. The number of amides is 1. The van der Waals surface area contributed by atoms with E-state index >= 15 is 0 Å². The SMILES string of the molecule is CCN(C(=O)C[O])c1ccccn1. The minimum absolute atomic E-state index is 0.443. The van der Waals surface area contributed by atoms with Crippen LogP contribution in [0.3, 0.4) is 0 Å². The van der Waals surface area contributed by atoms with E-state index in [0.717, 1.165) is 0 Å². The fourth-order valence-corrected chi connectivity index (χ4v) is 1.06. The van der Waals surface area contributed by atoms with Crippen molar-refractivity contribution in [3.8, 4) is 0 Å². The molecule has 0 atom stereocenters. The van der Waals surface area contributed by atoms with Gasteiger partial charge in [0, 0.05) is 12.7 Å². The van der Waals surface area contributed by atoms with Crippen LogP contribution in [-0.4, -0.2) is 24.0 Å². The van der Waals surface area contributed by atoms with Gasteiger partial charge >= 0.3 is 0 Å². The average Bonchev–Trinajstić information content (AvgIpc) is 2.20. The summed E-state index contributed by atoms with van der Waals surface area (Å²) in [4.78, 5) is 16.5. The molecule has 1 aromatic heterocycles. The number of likely N-dealkylation sites (N-methyl/N-ethyl adjacent to an activating group) is 1. The maximum absolute atomic E-state index is 11.1. The highest BCUT2D eigenvalue weighted by Gasteiger charge is 2.13. The van der Waals surface area contributed by atoms with Crippen molar-refractivity contribution in [1.29, 1.82) is 0 Å². The first-order valence-corrected chi connectivity index (χ1v) is 4.09. The molecule has 0 saturated heterocycles. The van der Waals surface area contributed by atoms with Crippen LogP contribution < -0.4 is 4.90 Å². The first kappa shape index (κ1) is 9.67. The van der Waals surface area contributed by atoms with Crippen molar-refractivity contribution in [2.24, 2.45) is 0 Å². The topological polar surface area (TPSA) is 53.1 Å². The van der Waals surface area contributed by atoms with Crippen molar-refractivity contribution in [2.75, 3.05) is 18.1 Å². The third-order valence-corrected chi connectivity index (χ3v) is 1.67. The molecular weight excluding hydrogens is 168 g/mol. The monoisotopic (exact) mass is 179 g/mol. The molecule has 4 heteroatoms. The van der Waals surface area contributed by atoms with E-state index in [1.807, 2.05) is 6.92 Å². The highest BCUT2D eigenvalue weighted by Crippen LogP contribution is 2.08. The molecule has 0 N–H and O–H groups in total. The van der Waals surface area contributed by atoms with Crippen molar-refractivity contribution in [1.82, 2.24) is 4.98 Å². The van der Waals surface area contributed by atoms with Crippen LogP contribution in [0.25, 0.3) is 0 Å². The number of carbonyl (C=O) groups is 1. The highest BCUT2D eigenvalue weighted by atomic mass is 16.3. The van der Waals surface area contributed by atoms with Gasteiger partial charge in [-0.2, -0.15) is 0 Å². The fourth-order valence-electron chi connectivity index (χ4n) is 1.06. The number of pyridine rings is 1. The molecule has 0 aliphatic rings. The van der Waals surface area contributed by atoms with E-state index in [4.69, 9.17) is 0 Å². The number of hydrogen-bond donors (Lipinski definition) is 0. The van der Waals surface area contributed by atoms with Crippen molar-refractivity contribution in [2.45, 2.75) is 6.92 Å². The van der Waals surface area contributed by atoms with Crippen LogP contribution in [0.15, 0.2) is 24.4 Å². The predicted octanol–water partition coefficient (Wildman–Crippen LogP) is 0.865. The molecule has 1 amide bonds. The van der Waals surface area contributed by atoms with E-state index in [1.54, 1.807) is 24.4 Å². The van der Waals surface area contributed by atoms with E-state index in [0.29, 0.717) is 12.4 Å². The molecule has 0 aromatic carbocycles. The van der Waals surface area contributed by atoms with Crippen molar-refractivity contribution in [3.05, 3.63) is 24.4 Å². The first-order chi connectivity index (χ1) is 6.29. The molecule has 0 aliphatic carbocycles. The van der Waals surface area contributed by atoms with Gasteiger partial charge in [0.2, 0.25) is 0 Å². The molecule has 0 bridgehead atoms. The summed E-state index contributed by atoms with van der Waals surface area (Å²) in [6.45, 7) is 1.55. The molecule has 0 unspecified atom stereocenters. The number of hydrogen-bond acceptors (Lipinski definition) is 2. The standard InChI is InChI=1S/C9H11N2O2/c1-2-11(9(13)7-12)8-5-3-4-6-10-8/h3-6H,2,7H2,1H3. The second kappa shape index (κ2) is 4.57. The first-order valence-electron chi connectivity index (χ1n) is 4.09. The lowest BCUT2D eigenvalue weighted by Gasteiger charge is -2.17. The molecule has 1 aromatic rings. The second-order valence-electron chi connectivity index (χ2n) is 2.47. The molecule has 1 heterocycles. The number of nitrogens with zero attached hydrogens (tertiary/aromatic N) is 2. The summed E-state index contributed by atoms with van der Waals surface area (Å²) < 4.78 is 0. The molecule has 69 valence electrons. The summed E-state index contributed by atoms with van der Waals surface area (Å²) >= 11 is 0. The van der Waals surface area contributed by atoms with Crippen molar-refractivity contribution >= 4 is 11.7 Å². The van der Waals surface area contributed by atoms with Crippen LogP contribution in [0, 0.1) is 0 Å². The number of aromatic nitrogens is 1. The lowest BCUT2D eigenvalue weighted by atomic mass is 10.4. The summed E-state index contributed by atoms with van der Waals surface area (Å²) in [6.07, 6.45) is 1.59. The molecule has 1 rings (SSSR count). The van der Waals surface area contributed by atoms with Crippen LogP contribution in [0.2, 0.25) is 0 Å². The number of anilines is 1. The zero-order valence-corrected chi connectivity index (χ0v) is 7.43. The summed E-state index contributed by atoms with van der Waals surface area (Å²) in [6, 6.07) is 5.25. The summed E-state index contributed by atoms with van der Waals surface area (Å²) in [5.41, 5.74) is 0. The van der Waals surface area contributed by atoms with Gasteiger partial charge in [-0.1, -0.05) is 6.07 Å². The molecular formula is C9H11N2O2. The Labute approximate surface area is 76.8 Å². The second-order valence-corrected chi connectivity index (χ2v) is 2.47. The van der Waals surface area contributed by atoms with Crippen molar-refractivity contribution < 1.29 is 9.90 Å². The fraction of sp³-hybridized carbons (Fsp3) is 0.333. The maximum atomic E-state index is 11.1. The van der Waals surface area contributed by atoms with Crippen molar-refractivity contribution in [3.63, 3.8) is 0 Å².